The normalized spacial score (nSPS) is 12.4. The van der Waals surface area contributed by atoms with Crippen LogP contribution in [0.4, 0.5) is 0 Å². The molecule has 1 aromatic carbocycles. The van der Waals surface area contributed by atoms with Crippen molar-refractivity contribution < 1.29 is 4.52 Å². The first kappa shape index (κ1) is 18.9. The number of pyridine rings is 1. The third-order valence-electron chi connectivity index (χ3n) is 4.20. The van der Waals surface area contributed by atoms with Gasteiger partial charge < -0.3 is 9.51 Å². The number of nitrogens with zero attached hydrogens (tertiary/aromatic N) is 1. The van der Waals surface area contributed by atoms with Crippen molar-refractivity contribution in [1.82, 2.24) is 15.1 Å². The van der Waals surface area contributed by atoms with Crippen LogP contribution >= 0.6 is 11.6 Å². The van der Waals surface area contributed by atoms with Gasteiger partial charge in [0.2, 0.25) is 0 Å². The predicted octanol–water partition coefficient (Wildman–Crippen LogP) is 3.68. The van der Waals surface area contributed by atoms with E-state index < -0.39 is 5.76 Å². The summed E-state index contributed by atoms with van der Waals surface area (Å²) in [6, 6.07) is 11.4. The van der Waals surface area contributed by atoms with Gasteiger partial charge in [-0.1, -0.05) is 62.7 Å². The summed E-state index contributed by atoms with van der Waals surface area (Å²) in [4.78, 5) is 29.6. The molecule has 0 aliphatic heterocycles. The number of hydrogen-bond acceptors (Lipinski definition) is 4. The molecular weight excluding hydrogens is 366 g/mol. The Morgan fingerprint density at radius 1 is 1.15 bits per heavy atom. The maximum atomic E-state index is 11.9. The fraction of sp³-hybridized carbons (Fsp3) is 0.250. The van der Waals surface area contributed by atoms with Crippen LogP contribution in [0.25, 0.3) is 5.57 Å². The standard InChI is InChI=1S/C20H20ClN3O3/c1-20(2,3)13-6-4-12(5-7-13)14(8-11-17-23-19(26)27-24-17)16-10-9-15(21)18(25)22-16/h4-10H,11H2,1-3H3,(H,22,25)(H,23,24,26). The summed E-state index contributed by atoms with van der Waals surface area (Å²) in [6.07, 6.45) is 2.21. The molecule has 3 rings (SSSR count). The highest BCUT2D eigenvalue weighted by Gasteiger charge is 2.14. The van der Waals surface area contributed by atoms with Gasteiger partial charge in [-0.05, 0) is 28.7 Å². The Balaban J connectivity index is 2.04. The summed E-state index contributed by atoms with van der Waals surface area (Å²) in [5.74, 6) is -0.269. The van der Waals surface area contributed by atoms with Crippen LogP contribution in [0.15, 0.2) is 56.6 Å². The van der Waals surface area contributed by atoms with Crippen molar-refractivity contribution >= 4 is 17.2 Å². The van der Waals surface area contributed by atoms with Gasteiger partial charge in [0, 0.05) is 17.7 Å². The first-order valence-electron chi connectivity index (χ1n) is 8.49. The van der Waals surface area contributed by atoms with E-state index in [9.17, 15) is 9.59 Å². The van der Waals surface area contributed by atoms with E-state index in [1.807, 2.05) is 18.2 Å². The summed E-state index contributed by atoms with van der Waals surface area (Å²) >= 11 is 5.85. The molecule has 2 N–H and O–H groups in total. The molecule has 0 bridgehead atoms. The summed E-state index contributed by atoms with van der Waals surface area (Å²) in [7, 11) is 0. The molecule has 0 aliphatic carbocycles. The van der Waals surface area contributed by atoms with Gasteiger partial charge in [-0.2, -0.15) is 4.98 Å². The summed E-state index contributed by atoms with van der Waals surface area (Å²) in [5, 5.41) is 2.60. The van der Waals surface area contributed by atoms with Crippen LogP contribution in [-0.4, -0.2) is 15.1 Å². The first-order chi connectivity index (χ1) is 12.7. The second kappa shape index (κ2) is 7.40. The molecule has 0 fully saturated rings. The Morgan fingerprint density at radius 3 is 2.41 bits per heavy atom. The Bertz CT molecular complexity index is 1080. The molecule has 0 spiro atoms. The molecule has 140 valence electrons. The molecule has 0 atom stereocenters. The van der Waals surface area contributed by atoms with Gasteiger partial charge in [-0.15, -0.1) is 0 Å². The third-order valence-corrected chi connectivity index (χ3v) is 4.49. The number of allylic oxidation sites excluding steroid dienone is 1. The molecule has 2 heterocycles. The number of aromatic nitrogens is 3. The van der Waals surface area contributed by atoms with Crippen LogP contribution in [0.1, 0.15) is 43.4 Å². The van der Waals surface area contributed by atoms with Crippen LogP contribution in [0.3, 0.4) is 0 Å². The van der Waals surface area contributed by atoms with Gasteiger partial charge >= 0.3 is 5.76 Å². The first-order valence-corrected chi connectivity index (χ1v) is 8.86. The average molecular weight is 386 g/mol. The number of rotatable bonds is 4. The highest BCUT2D eigenvalue weighted by molar-refractivity contribution is 6.30. The minimum Gasteiger partial charge on any atom is -0.321 e. The molecule has 0 radical (unpaired) electrons. The second-order valence-electron chi connectivity index (χ2n) is 7.23. The molecule has 0 saturated carbocycles. The lowest BCUT2D eigenvalue weighted by molar-refractivity contribution is 0.382. The van der Waals surface area contributed by atoms with Crippen LogP contribution in [0, 0.1) is 0 Å². The van der Waals surface area contributed by atoms with Gasteiger partial charge in [0.25, 0.3) is 5.56 Å². The largest absolute Gasteiger partial charge is 0.459 e. The molecular formula is C20H20ClN3O3. The molecule has 0 unspecified atom stereocenters. The fourth-order valence-electron chi connectivity index (χ4n) is 2.69. The average Bonchev–Trinajstić information content (AvgIpc) is 3.03. The van der Waals surface area contributed by atoms with E-state index in [1.54, 1.807) is 12.1 Å². The molecule has 7 heteroatoms. The Hall–Kier alpha value is -2.86. The third kappa shape index (κ3) is 4.46. The van der Waals surface area contributed by atoms with E-state index >= 15 is 0 Å². The predicted molar refractivity (Wildman–Crippen MR) is 105 cm³/mol. The topological polar surface area (TPSA) is 91.8 Å². The number of aromatic amines is 2. The van der Waals surface area contributed by atoms with Gasteiger partial charge in [0.15, 0.2) is 0 Å². The maximum Gasteiger partial charge on any atom is 0.459 e. The highest BCUT2D eigenvalue weighted by atomic mass is 35.5. The van der Waals surface area contributed by atoms with Crippen LogP contribution in [-0.2, 0) is 11.8 Å². The van der Waals surface area contributed by atoms with E-state index in [4.69, 9.17) is 11.6 Å². The van der Waals surface area contributed by atoms with Crippen molar-refractivity contribution in [2.24, 2.45) is 0 Å². The number of H-pyrrole nitrogens is 2. The van der Waals surface area contributed by atoms with E-state index in [0.717, 1.165) is 11.1 Å². The van der Waals surface area contributed by atoms with E-state index in [2.05, 4.69) is 52.6 Å². The monoisotopic (exact) mass is 385 g/mol. The van der Waals surface area contributed by atoms with Gasteiger partial charge in [0.1, 0.15) is 10.8 Å². The zero-order valence-electron chi connectivity index (χ0n) is 15.3. The van der Waals surface area contributed by atoms with Crippen molar-refractivity contribution in [3.05, 3.63) is 91.0 Å². The molecule has 2 aromatic heterocycles. The molecule has 0 amide bonds. The van der Waals surface area contributed by atoms with Gasteiger partial charge in [0.05, 0.1) is 0 Å². The number of nitrogens with one attached hydrogen (secondary N) is 2. The lowest BCUT2D eigenvalue weighted by Gasteiger charge is -2.19. The minimum absolute atomic E-state index is 0.0389. The SMILES string of the molecule is CC(C)(C)c1ccc(C(=CCc2nc(=O)o[nH]2)c2ccc(Cl)c(=O)[nH]2)cc1. The Kier molecular flexibility index (Phi) is 5.19. The van der Waals surface area contributed by atoms with Crippen molar-refractivity contribution in [2.75, 3.05) is 0 Å². The molecule has 6 nitrogen and oxygen atoms in total. The molecule has 3 aromatic rings. The molecule has 0 saturated heterocycles. The van der Waals surface area contributed by atoms with Gasteiger partial charge in [-0.3, -0.25) is 4.79 Å². The van der Waals surface area contributed by atoms with Crippen molar-refractivity contribution in [3.63, 3.8) is 0 Å². The van der Waals surface area contributed by atoms with Crippen molar-refractivity contribution in [3.8, 4) is 0 Å². The smallest absolute Gasteiger partial charge is 0.321 e. The quantitative estimate of drug-likeness (QED) is 0.716. The van der Waals surface area contributed by atoms with Crippen molar-refractivity contribution in [1.29, 1.82) is 0 Å². The van der Waals surface area contributed by atoms with Crippen molar-refractivity contribution in [2.45, 2.75) is 32.6 Å². The number of benzene rings is 1. The maximum absolute atomic E-state index is 11.9. The molecule has 27 heavy (non-hydrogen) atoms. The summed E-state index contributed by atoms with van der Waals surface area (Å²) in [6.45, 7) is 6.45. The summed E-state index contributed by atoms with van der Waals surface area (Å²) in [5.41, 5.74) is 3.23. The molecule has 0 aliphatic rings. The Labute approximate surface area is 160 Å². The minimum atomic E-state index is -0.672. The number of hydrogen-bond donors (Lipinski definition) is 2. The van der Waals surface area contributed by atoms with Crippen LogP contribution < -0.4 is 11.3 Å². The zero-order valence-corrected chi connectivity index (χ0v) is 16.1. The second-order valence-corrected chi connectivity index (χ2v) is 7.63. The Morgan fingerprint density at radius 2 is 1.85 bits per heavy atom. The van der Waals surface area contributed by atoms with E-state index in [-0.39, 0.29) is 16.0 Å². The van der Waals surface area contributed by atoms with Crippen LogP contribution in [0.2, 0.25) is 5.02 Å². The highest BCUT2D eigenvalue weighted by Crippen LogP contribution is 2.27. The van der Waals surface area contributed by atoms with E-state index in [0.29, 0.717) is 17.9 Å². The van der Waals surface area contributed by atoms with Crippen LogP contribution in [0.5, 0.6) is 0 Å². The van der Waals surface area contributed by atoms with Gasteiger partial charge in [-0.25, -0.2) is 9.95 Å². The number of halogens is 1. The lowest BCUT2D eigenvalue weighted by Crippen LogP contribution is -2.11. The summed E-state index contributed by atoms with van der Waals surface area (Å²) < 4.78 is 4.60. The fourth-order valence-corrected chi connectivity index (χ4v) is 2.80. The zero-order chi connectivity index (χ0) is 19.6. The van der Waals surface area contributed by atoms with E-state index in [1.165, 1.54) is 5.56 Å². The lowest BCUT2D eigenvalue weighted by atomic mass is 9.86.